The molecule has 11 heteroatoms. The van der Waals surface area contributed by atoms with E-state index in [1.54, 1.807) is 0 Å². The highest BCUT2D eigenvalue weighted by Crippen LogP contribution is 2.24. The van der Waals surface area contributed by atoms with E-state index in [4.69, 9.17) is 14.9 Å². The van der Waals surface area contributed by atoms with E-state index >= 15 is 0 Å². The number of amidine groups is 1. The number of amides is 1. The van der Waals surface area contributed by atoms with Gasteiger partial charge in [-0.25, -0.2) is 19.6 Å². The normalized spacial score (nSPS) is 17.2. The first kappa shape index (κ1) is 24.6. The fourth-order valence-electron chi connectivity index (χ4n) is 3.45. The number of nitrogens with one attached hydrogen (secondary N) is 3. The molecule has 2 atom stereocenters. The summed E-state index contributed by atoms with van der Waals surface area (Å²) in [5.41, 5.74) is 5.13. The Balaban J connectivity index is 1.63. The fourth-order valence-corrected chi connectivity index (χ4v) is 3.88. The van der Waals surface area contributed by atoms with Gasteiger partial charge in [-0.15, -0.1) is 0 Å². The highest BCUT2D eigenvalue weighted by molar-refractivity contribution is 7.87. The van der Waals surface area contributed by atoms with Crippen molar-refractivity contribution in [2.24, 2.45) is 10.1 Å². The molecule has 0 fully saturated rings. The minimum absolute atomic E-state index is 0.157. The Bertz CT molecular complexity index is 1030. The molecule has 0 aliphatic carbocycles. The van der Waals surface area contributed by atoms with Crippen molar-refractivity contribution >= 4 is 22.1 Å². The van der Waals surface area contributed by atoms with Gasteiger partial charge in [0.2, 0.25) is 0 Å². The summed E-state index contributed by atoms with van der Waals surface area (Å²) >= 11 is 0. The summed E-state index contributed by atoms with van der Waals surface area (Å²) in [5, 5.41) is 9.72. The molecule has 33 heavy (non-hydrogen) atoms. The predicted molar refractivity (Wildman–Crippen MR) is 126 cm³/mol. The SMILES string of the molecule is CN1NC(C(CCCCNS(N)(=O)=O)NC(=O)OCc2ccccc2)=NC1c1ccccc1. The Morgan fingerprint density at radius 3 is 2.48 bits per heavy atom. The van der Waals surface area contributed by atoms with Gasteiger partial charge in [-0.2, -0.15) is 13.4 Å². The van der Waals surface area contributed by atoms with Crippen LogP contribution in [0.3, 0.4) is 0 Å². The first-order valence-corrected chi connectivity index (χ1v) is 12.2. The van der Waals surface area contributed by atoms with E-state index in [1.165, 1.54) is 0 Å². The van der Waals surface area contributed by atoms with Crippen molar-refractivity contribution in [2.75, 3.05) is 13.6 Å². The van der Waals surface area contributed by atoms with Crippen LogP contribution in [0, 0.1) is 0 Å². The standard InChI is InChI=1S/C22H30N6O4S/c1-28-21(18-12-6-3-7-13-18)26-20(27-28)19(14-8-9-15-24-33(23,30)31)25-22(29)32-16-17-10-4-2-5-11-17/h2-7,10-13,19,21,24H,8-9,14-16H2,1H3,(H,25,29)(H,26,27)(H2,23,30,31). The van der Waals surface area contributed by atoms with E-state index in [1.807, 2.05) is 72.7 Å². The van der Waals surface area contributed by atoms with Crippen molar-refractivity contribution < 1.29 is 17.9 Å². The smallest absolute Gasteiger partial charge is 0.408 e. The Morgan fingerprint density at radius 2 is 1.82 bits per heavy atom. The molecule has 0 aromatic heterocycles. The van der Waals surface area contributed by atoms with E-state index < -0.39 is 22.3 Å². The Labute approximate surface area is 194 Å². The molecule has 1 aliphatic rings. The summed E-state index contributed by atoms with van der Waals surface area (Å²) in [7, 11) is -1.84. The third-order valence-corrected chi connectivity index (χ3v) is 5.68. The van der Waals surface area contributed by atoms with E-state index in [0.717, 1.165) is 11.1 Å². The van der Waals surface area contributed by atoms with Crippen molar-refractivity contribution in [2.45, 2.75) is 38.1 Å². The number of unbranched alkanes of at least 4 members (excludes halogenated alkanes) is 1. The molecule has 5 N–H and O–H groups in total. The van der Waals surface area contributed by atoms with Gasteiger partial charge in [0.25, 0.3) is 10.2 Å². The number of benzene rings is 2. The van der Waals surface area contributed by atoms with Gasteiger partial charge in [0.15, 0.2) is 0 Å². The van der Waals surface area contributed by atoms with E-state index in [-0.39, 0.29) is 19.3 Å². The first-order chi connectivity index (χ1) is 15.8. The summed E-state index contributed by atoms with van der Waals surface area (Å²) in [6.45, 7) is 0.376. The van der Waals surface area contributed by atoms with Gasteiger partial charge in [-0.05, 0) is 30.4 Å². The topological polar surface area (TPSA) is 138 Å². The van der Waals surface area contributed by atoms with Crippen LogP contribution < -0.4 is 20.6 Å². The zero-order chi connectivity index (χ0) is 23.7. The third kappa shape index (κ3) is 8.13. The number of hydrazine groups is 1. The Kier molecular flexibility index (Phi) is 8.78. The summed E-state index contributed by atoms with van der Waals surface area (Å²) in [5.74, 6) is 0.613. The molecule has 0 spiro atoms. The van der Waals surface area contributed by atoms with Crippen LogP contribution in [0.4, 0.5) is 4.79 Å². The average Bonchev–Trinajstić information content (AvgIpc) is 3.18. The highest BCUT2D eigenvalue weighted by Gasteiger charge is 2.30. The van der Waals surface area contributed by atoms with Gasteiger partial charge < -0.3 is 15.5 Å². The fraction of sp³-hybridized carbons (Fsp3) is 0.364. The van der Waals surface area contributed by atoms with Crippen LogP contribution in [0.5, 0.6) is 0 Å². The molecule has 3 rings (SSSR count). The molecule has 2 aromatic rings. The number of hydrogen-bond donors (Lipinski definition) is 4. The van der Waals surface area contributed by atoms with Crippen LogP contribution in [-0.2, 0) is 21.6 Å². The molecule has 0 radical (unpaired) electrons. The van der Waals surface area contributed by atoms with Crippen LogP contribution in [0.25, 0.3) is 0 Å². The van der Waals surface area contributed by atoms with Crippen molar-refractivity contribution in [1.29, 1.82) is 0 Å². The maximum atomic E-state index is 12.5. The van der Waals surface area contributed by atoms with Crippen LogP contribution >= 0.6 is 0 Å². The second-order valence-electron chi connectivity index (χ2n) is 7.72. The van der Waals surface area contributed by atoms with Crippen molar-refractivity contribution in [1.82, 2.24) is 20.5 Å². The maximum absolute atomic E-state index is 12.5. The molecule has 2 aromatic carbocycles. The molecule has 178 valence electrons. The first-order valence-electron chi connectivity index (χ1n) is 10.7. The largest absolute Gasteiger partial charge is 0.445 e. The summed E-state index contributed by atoms with van der Waals surface area (Å²) in [4.78, 5) is 17.3. The molecule has 0 saturated heterocycles. The van der Waals surface area contributed by atoms with Crippen molar-refractivity contribution in [3.05, 3.63) is 71.8 Å². The summed E-state index contributed by atoms with van der Waals surface area (Å²) in [6.07, 6.45) is 0.941. The third-order valence-electron chi connectivity index (χ3n) is 5.07. The zero-order valence-corrected chi connectivity index (χ0v) is 19.3. The Hall–Kier alpha value is -2.99. The van der Waals surface area contributed by atoms with Gasteiger partial charge in [0, 0.05) is 13.6 Å². The van der Waals surface area contributed by atoms with E-state index in [0.29, 0.717) is 25.1 Å². The lowest BCUT2D eigenvalue weighted by atomic mass is 10.1. The molecule has 2 unspecified atom stereocenters. The number of carbonyl (C=O) groups is 1. The molecule has 1 aliphatic heterocycles. The molecule has 10 nitrogen and oxygen atoms in total. The van der Waals surface area contributed by atoms with E-state index in [9.17, 15) is 13.2 Å². The summed E-state index contributed by atoms with van der Waals surface area (Å²) in [6, 6.07) is 18.8. The Morgan fingerprint density at radius 1 is 1.15 bits per heavy atom. The van der Waals surface area contributed by atoms with E-state index in [2.05, 4.69) is 15.5 Å². The van der Waals surface area contributed by atoms with Gasteiger partial charge in [0.1, 0.15) is 18.6 Å². The quantitative estimate of drug-likeness (QED) is 0.366. The lowest BCUT2D eigenvalue weighted by Gasteiger charge is -2.21. The average molecular weight is 475 g/mol. The van der Waals surface area contributed by atoms with Crippen LogP contribution in [0.2, 0.25) is 0 Å². The number of carbonyl (C=O) groups excluding carboxylic acids is 1. The van der Waals surface area contributed by atoms with Crippen LogP contribution in [0.15, 0.2) is 65.7 Å². The van der Waals surface area contributed by atoms with Crippen LogP contribution in [0.1, 0.15) is 36.6 Å². The van der Waals surface area contributed by atoms with Crippen molar-refractivity contribution in [3.8, 4) is 0 Å². The number of rotatable bonds is 11. The minimum atomic E-state index is -3.72. The lowest BCUT2D eigenvalue weighted by molar-refractivity contribution is 0.137. The molecule has 0 bridgehead atoms. The predicted octanol–water partition coefficient (Wildman–Crippen LogP) is 1.79. The van der Waals surface area contributed by atoms with Gasteiger partial charge in [0.05, 0.1) is 6.04 Å². The second-order valence-corrected chi connectivity index (χ2v) is 9.09. The monoisotopic (exact) mass is 474 g/mol. The minimum Gasteiger partial charge on any atom is -0.445 e. The molecule has 1 amide bonds. The number of nitrogens with zero attached hydrogens (tertiary/aromatic N) is 2. The molecular formula is C22H30N6O4S. The van der Waals surface area contributed by atoms with Crippen LogP contribution in [-0.4, -0.2) is 45.0 Å². The second kappa shape index (κ2) is 11.8. The van der Waals surface area contributed by atoms with Gasteiger partial charge >= 0.3 is 6.09 Å². The van der Waals surface area contributed by atoms with Gasteiger partial charge in [-0.1, -0.05) is 60.7 Å². The lowest BCUT2D eigenvalue weighted by Crippen LogP contribution is -2.48. The maximum Gasteiger partial charge on any atom is 0.408 e. The summed E-state index contributed by atoms with van der Waals surface area (Å²) < 4.78 is 29.7. The van der Waals surface area contributed by atoms with Crippen molar-refractivity contribution in [3.63, 3.8) is 0 Å². The number of aliphatic imine (C=N–C) groups is 1. The highest BCUT2D eigenvalue weighted by atomic mass is 32.2. The number of nitrogens with two attached hydrogens (primary N) is 1. The number of alkyl carbamates (subject to hydrolysis) is 1. The number of ether oxygens (including phenoxy) is 1. The zero-order valence-electron chi connectivity index (χ0n) is 18.5. The van der Waals surface area contributed by atoms with Gasteiger partial charge in [-0.3, -0.25) is 0 Å². The number of hydrogen-bond acceptors (Lipinski definition) is 7. The molecule has 1 heterocycles. The molecular weight excluding hydrogens is 444 g/mol. The molecule has 0 saturated carbocycles.